The molecule has 2 aromatic heterocycles. The standard InChI is InChI=1S/C36H32F3N3O5/c37-36(38,39)35(44)17-15-34(16-18-35)22-42(23-34)33(43)26-11-13-28-29(19-26)47-32(40-28)27-12-14-30(45-20-24-7-3-1-4-8-24)41-31(27)46-21-25-9-5-2-6-10-25/h1-14,19,44H,15-18,20-23H2. The van der Waals surface area contributed by atoms with Crippen LogP contribution in [0.15, 0.2) is 95.4 Å². The fourth-order valence-electron chi connectivity index (χ4n) is 6.29. The minimum atomic E-state index is -4.65. The van der Waals surface area contributed by atoms with E-state index in [4.69, 9.17) is 13.9 Å². The number of rotatable bonds is 8. The number of halogens is 3. The van der Waals surface area contributed by atoms with E-state index in [-0.39, 0.29) is 50.0 Å². The minimum Gasteiger partial charge on any atom is -0.473 e. The Morgan fingerprint density at radius 1 is 0.830 bits per heavy atom. The maximum atomic E-state index is 13.3. The molecule has 242 valence electrons. The highest BCUT2D eigenvalue weighted by atomic mass is 19.4. The van der Waals surface area contributed by atoms with Gasteiger partial charge in [-0.2, -0.15) is 18.2 Å². The number of pyridine rings is 1. The Labute approximate surface area is 268 Å². The summed E-state index contributed by atoms with van der Waals surface area (Å²) in [5, 5.41) is 10.0. The molecule has 1 N–H and O–H groups in total. The highest BCUT2D eigenvalue weighted by Crippen LogP contribution is 2.51. The molecular weight excluding hydrogens is 611 g/mol. The molecule has 0 atom stereocenters. The summed E-state index contributed by atoms with van der Waals surface area (Å²) in [6.07, 6.45) is -4.91. The molecule has 7 rings (SSSR count). The zero-order valence-corrected chi connectivity index (χ0v) is 25.4. The van der Waals surface area contributed by atoms with Crippen LogP contribution >= 0.6 is 0 Å². The lowest BCUT2D eigenvalue weighted by Crippen LogP contribution is -2.62. The number of carbonyl (C=O) groups excluding carboxylic acids is 1. The van der Waals surface area contributed by atoms with Crippen LogP contribution in [0.4, 0.5) is 13.2 Å². The molecule has 2 aliphatic rings. The van der Waals surface area contributed by atoms with Gasteiger partial charge in [-0.05, 0) is 61.1 Å². The van der Waals surface area contributed by atoms with Gasteiger partial charge >= 0.3 is 6.18 Å². The molecule has 1 amide bonds. The number of benzene rings is 3. The molecule has 3 aromatic carbocycles. The van der Waals surface area contributed by atoms with Crippen molar-refractivity contribution < 1.29 is 37.0 Å². The largest absolute Gasteiger partial charge is 0.473 e. The van der Waals surface area contributed by atoms with Crippen molar-refractivity contribution in [2.24, 2.45) is 5.41 Å². The third-order valence-electron chi connectivity index (χ3n) is 9.15. The Hall–Kier alpha value is -4.90. The third-order valence-corrected chi connectivity index (χ3v) is 9.15. The van der Waals surface area contributed by atoms with E-state index in [0.717, 1.165) is 11.1 Å². The SMILES string of the molecule is O=C(c1ccc2nc(-c3ccc(OCc4ccccc4)nc3OCc3ccccc3)oc2c1)N1CC2(CCC(O)(C(F)(F)F)CC2)C1. The highest BCUT2D eigenvalue weighted by Gasteiger charge is 2.59. The van der Waals surface area contributed by atoms with Crippen LogP contribution < -0.4 is 9.47 Å². The van der Waals surface area contributed by atoms with Gasteiger partial charge in [0.25, 0.3) is 5.91 Å². The molecule has 8 nitrogen and oxygen atoms in total. The van der Waals surface area contributed by atoms with Crippen molar-refractivity contribution >= 4 is 17.0 Å². The number of hydrogen-bond acceptors (Lipinski definition) is 7. The number of likely N-dealkylation sites (tertiary alicyclic amines) is 1. The summed E-state index contributed by atoms with van der Waals surface area (Å²) in [6, 6.07) is 27.9. The lowest BCUT2D eigenvalue weighted by molar-refractivity contribution is -0.278. The molecule has 3 heterocycles. The zero-order chi connectivity index (χ0) is 32.6. The number of nitrogens with zero attached hydrogens (tertiary/aromatic N) is 3. The van der Waals surface area contributed by atoms with Crippen LogP contribution in [0.2, 0.25) is 0 Å². The molecule has 47 heavy (non-hydrogen) atoms. The molecule has 1 saturated heterocycles. The Kier molecular flexibility index (Phi) is 7.87. The predicted octanol–water partition coefficient (Wildman–Crippen LogP) is 7.36. The van der Waals surface area contributed by atoms with Crippen molar-refractivity contribution in [2.45, 2.75) is 50.7 Å². The third kappa shape index (κ3) is 6.27. The molecule has 0 unspecified atom stereocenters. The molecule has 11 heteroatoms. The number of alkyl halides is 3. The first-order chi connectivity index (χ1) is 22.6. The van der Waals surface area contributed by atoms with Crippen molar-refractivity contribution in [1.82, 2.24) is 14.9 Å². The number of aliphatic hydroxyl groups is 1. The van der Waals surface area contributed by atoms with Gasteiger partial charge in [-0.1, -0.05) is 60.7 Å². The van der Waals surface area contributed by atoms with Crippen LogP contribution in [-0.2, 0) is 13.2 Å². The molecule has 0 bridgehead atoms. The molecule has 5 aromatic rings. The van der Waals surface area contributed by atoms with Gasteiger partial charge in [0.1, 0.15) is 18.7 Å². The monoisotopic (exact) mass is 643 g/mol. The maximum Gasteiger partial charge on any atom is 0.417 e. The summed E-state index contributed by atoms with van der Waals surface area (Å²) in [4.78, 5) is 24.2. The highest BCUT2D eigenvalue weighted by molar-refractivity contribution is 5.97. The molecule has 1 aliphatic carbocycles. The van der Waals surface area contributed by atoms with E-state index >= 15 is 0 Å². The Morgan fingerprint density at radius 3 is 2.11 bits per heavy atom. The molecular formula is C36H32F3N3O5. The van der Waals surface area contributed by atoms with E-state index in [1.54, 1.807) is 35.2 Å². The van der Waals surface area contributed by atoms with Crippen LogP contribution in [0.5, 0.6) is 11.8 Å². The van der Waals surface area contributed by atoms with E-state index in [2.05, 4.69) is 9.97 Å². The summed E-state index contributed by atoms with van der Waals surface area (Å²) in [7, 11) is 0. The van der Waals surface area contributed by atoms with Gasteiger partial charge in [-0.15, -0.1) is 0 Å². The Morgan fingerprint density at radius 2 is 1.47 bits per heavy atom. The summed E-state index contributed by atoms with van der Waals surface area (Å²) in [5.41, 5.74) is 0.746. The average molecular weight is 644 g/mol. The maximum absolute atomic E-state index is 13.3. The van der Waals surface area contributed by atoms with Gasteiger partial charge < -0.3 is 23.9 Å². The second kappa shape index (κ2) is 12.0. The van der Waals surface area contributed by atoms with E-state index in [1.807, 2.05) is 60.7 Å². The second-order valence-corrected chi connectivity index (χ2v) is 12.4. The van der Waals surface area contributed by atoms with Crippen molar-refractivity contribution in [3.63, 3.8) is 0 Å². The molecule has 1 aliphatic heterocycles. The predicted molar refractivity (Wildman–Crippen MR) is 167 cm³/mol. The smallest absolute Gasteiger partial charge is 0.417 e. The first-order valence-corrected chi connectivity index (χ1v) is 15.4. The van der Waals surface area contributed by atoms with Crippen molar-refractivity contribution in [1.29, 1.82) is 0 Å². The van der Waals surface area contributed by atoms with E-state index < -0.39 is 17.2 Å². The van der Waals surface area contributed by atoms with Crippen LogP contribution in [-0.4, -0.2) is 50.7 Å². The number of ether oxygens (including phenoxy) is 2. The molecule has 1 saturated carbocycles. The summed E-state index contributed by atoms with van der Waals surface area (Å²) < 4.78 is 58.0. The molecule has 2 fully saturated rings. The average Bonchev–Trinajstić information content (AvgIpc) is 3.49. The van der Waals surface area contributed by atoms with Gasteiger partial charge in [0, 0.05) is 30.1 Å². The normalized spacial score (nSPS) is 17.0. The zero-order valence-electron chi connectivity index (χ0n) is 25.4. The summed E-state index contributed by atoms with van der Waals surface area (Å²) in [6.45, 7) is 1.30. The second-order valence-electron chi connectivity index (χ2n) is 12.4. The molecule has 0 radical (unpaired) electrons. The lowest BCUT2D eigenvalue weighted by atomic mass is 9.64. The number of fused-ring (bicyclic) bond motifs is 1. The van der Waals surface area contributed by atoms with Gasteiger partial charge in [0.2, 0.25) is 17.7 Å². The fraction of sp³-hybridized carbons (Fsp3) is 0.306. The van der Waals surface area contributed by atoms with Gasteiger partial charge in [0.15, 0.2) is 11.2 Å². The van der Waals surface area contributed by atoms with Crippen LogP contribution in [0.25, 0.3) is 22.6 Å². The Balaban J connectivity index is 1.08. The van der Waals surface area contributed by atoms with E-state index in [9.17, 15) is 23.1 Å². The van der Waals surface area contributed by atoms with E-state index in [0.29, 0.717) is 47.8 Å². The minimum absolute atomic E-state index is 0.218. The first-order valence-electron chi connectivity index (χ1n) is 15.4. The molecule has 1 spiro atoms. The van der Waals surface area contributed by atoms with Crippen molar-refractivity contribution in [2.75, 3.05) is 13.1 Å². The van der Waals surface area contributed by atoms with E-state index in [1.165, 1.54) is 0 Å². The Bertz CT molecular complexity index is 1880. The van der Waals surface area contributed by atoms with Crippen LogP contribution in [0.1, 0.15) is 47.2 Å². The fourth-order valence-corrected chi connectivity index (χ4v) is 6.29. The number of amides is 1. The first kappa shape index (κ1) is 30.7. The van der Waals surface area contributed by atoms with Crippen LogP contribution in [0, 0.1) is 5.41 Å². The van der Waals surface area contributed by atoms with Crippen molar-refractivity contribution in [3.8, 4) is 23.2 Å². The van der Waals surface area contributed by atoms with Crippen molar-refractivity contribution in [3.05, 3.63) is 108 Å². The van der Waals surface area contributed by atoms with Gasteiger partial charge in [-0.3, -0.25) is 4.79 Å². The number of carbonyl (C=O) groups is 1. The topological polar surface area (TPSA) is 97.9 Å². The quantitative estimate of drug-likeness (QED) is 0.189. The number of oxazole rings is 1. The summed E-state index contributed by atoms with van der Waals surface area (Å²) >= 11 is 0. The van der Waals surface area contributed by atoms with Crippen LogP contribution in [0.3, 0.4) is 0 Å². The van der Waals surface area contributed by atoms with Gasteiger partial charge in [-0.25, -0.2) is 4.98 Å². The lowest BCUT2D eigenvalue weighted by Gasteiger charge is -2.55. The number of hydrogen-bond donors (Lipinski definition) is 1. The summed E-state index contributed by atoms with van der Waals surface area (Å²) in [5.74, 6) is 0.675. The van der Waals surface area contributed by atoms with Gasteiger partial charge in [0.05, 0.1) is 5.56 Å². The number of aromatic nitrogens is 2.